The van der Waals surface area contributed by atoms with Gasteiger partial charge in [0.1, 0.15) is 0 Å². The SMILES string of the molecule is C1CCc2n[nH]nc2C1. The highest BCUT2D eigenvalue weighted by Gasteiger charge is 2.11. The molecule has 1 aliphatic rings. The van der Waals surface area contributed by atoms with Crippen molar-refractivity contribution >= 4 is 0 Å². The van der Waals surface area contributed by atoms with E-state index in [0.29, 0.717) is 0 Å². The van der Waals surface area contributed by atoms with E-state index in [1.54, 1.807) is 0 Å². The fourth-order valence-electron chi connectivity index (χ4n) is 1.26. The van der Waals surface area contributed by atoms with E-state index in [0.717, 1.165) is 12.8 Å². The van der Waals surface area contributed by atoms with Gasteiger partial charge in [-0.1, -0.05) is 0 Å². The third-order valence-corrected chi connectivity index (χ3v) is 1.78. The number of H-pyrrole nitrogens is 1. The van der Waals surface area contributed by atoms with Gasteiger partial charge in [-0.25, -0.2) is 0 Å². The lowest BCUT2D eigenvalue weighted by molar-refractivity contribution is 0.667. The molecule has 3 nitrogen and oxygen atoms in total. The molecule has 0 fully saturated rings. The number of nitrogens with one attached hydrogen (secondary N) is 1. The van der Waals surface area contributed by atoms with Gasteiger partial charge >= 0.3 is 0 Å². The van der Waals surface area contributed by atoms with E-state index in [4.69, 9.17) is 0 Å². The normalized spacial score (nSPS) is 17.3. The Morgan fingerprint density at radius 1 is 1.00 bits per heavy atom. The molecule has 1 aromatic rings. The van der Waals surface area contributed by atoms with Crippen molar-refractivity contribution in [3.63, 3.8) is 0 Å². The molecular weight excluding hydrogens is 114 g/mol. The second kappa shape index (κ2) is 1.83. The molecule has 0 aromatic carbocycles. The lowest BCUT2D eigenvalue weighted by atomic mass is 10.0. The molecule has 1 aliphatic carbocycles. The molecule has 0 aliphatic heterocycles. The largest absolute Gasteiger partial charge is 0.197 e. The first kappa shape index (κ1) is 4.97. The zero-order valence-corrected chi connectivity index (χ0v) is 5.22. The van der Waals surface area contributed by atoms with Crippen molar-refractivity contribution in [2.24, 2.45) is 0 Å². The van der Waals surface area contributed by atoms with E-state index in [-0.39, 0.29) is 0 Å². The van der Waals surface area contributed by atoms with Crippen molar-refractivity contribution in [3.8, 4) is 0 Å². The van der Waals surface area contributed by atoms with Gasteiger partial charge in [-0.2, -0.15) is 15.4 Å². The van der Waals surface area contributed by atoms with Crippen LogP contribution in [0.15, 0.2) is 0 Å². The maximum Gasteiger partial charge on any atom is 0.0856 e. The van der Waals surface area contributed by atoms with Crippen LogP contribution in [0.5, 0.6) is 0 Å². The Labute approximate surface area is 53.5 Å². The van der Waals surface area contributed by atoms with Gasteiger partial charge in [-0.3, -0.25) is 0 Å². The van der Waals surface area contributed by atoms with Crippen molar-refractivity contribution in [1.82, 2.24) is 15.4 Å². The molecule has 0 unspecified atom stereocenters. The molecule has 2 rings (SSSR count). The van der Waals surface area contributed by atoms with Gasteiger partial charge in [0.05, 0.1) is 11.4 Å². The lowest BCUT2D eigenvalue weighted by Gasteiger charge is -2.05. The number of aromatic amines is 1. The van der Waals surface area contributed by atoms with Crippen LogP contribution in [-0.4, -0.2) is 15.4 Å². The van der Waals surface area contributed by atoms with Crippen LogP contribution in [0.3, 0.4) is 0 Å². The molecule has 48 valence electrons. The van der Waals surface area contributed by atoms with Gasteiger partial charge in [-0.05, 0) is 25.7 Å². The van der Waals surface area contributed by atoms with Crippen molar-refractivity contribution in [2.45, 2.75) is 25.7 Å². The van der Waals surface area contributed by atoms with Gasteiger partial charge in [0.15, 0.2) is 0 Å². The van der Waals surface area contributed by atoms with E-state index in [1.165, 1.54) is 24.2 Å². The summed E-state index contributed by atoms with van der Waals surface area (Å²) in [5.41, 5.74) is 2.36. The van der Waals surface area contributed by atoms with Crippen LogP contribution < -0.4 is 0 Å². The summed E-state index contributed by atoms with van der Waals surface area (Å²) in [5.74, 6) is 0. The lowest BCUT2D eigenvalue weighted by Crippen LogP contribution is -2.00. The molecule has 0 spiro atoms. The van der Waals surface area contributed by atoms with Crippen molar-refractivity contribution in [1.29, 1.82) is 0 Å². The summed E-state index contributed by atoms with van der Waals surface area (Å²) in [6.07, 6.45) is 4.79. The van der Waals surface area contributed by atoms with Gasteiger partial charge in [0, 0.05) is 0 Å². The van der Waals surface area contributed by atoms with E-state index in [9.17, 15) is 0 Å². The van der Waals surface area contributed by atoms with Crippen LogP contribution in [0, 0.1) is 0 Å². The predicted molar refractivity (Wildman–Crippen MR) is 33.0 cm³/mol. The van der Waals surface area contributed by atoms with Gasteiger partial charge < -0.3 is 0 Å². The molecule has 0 bridgehead atoms. The van der Waals surface area contributed by atoms with Crippen LogP contribution in [0.1, 0.15) is 24.2 Å². The third kappa shape index (κ3) is 0.724. The van der Waals surface area contributed by atoms with E-state index in [1.807, 2.05) is 0 Å². The standard InChI is InChI=1S/C6H9N3/c1-2-4-6-5(3-1)7-9-8-6/h1-4H2,(H,7,8,9). The predicted octanol–water partition coefficient (Wildman–Crippen LogP) is 0.683. The fraction of sp³-hybridized carbons (Fsp3) is 0.667. The molecule has 0 saturated heterocycles. The Balaban J connectivity index is 2.39. The number of nitrogens with zero attached hydrogens (tertiary/aromatic N) is 2. The molecule has 1 N–H and O–H groups in total. The van der Waals surface area contributed by atoms with Gasteiger partial charge in [0.25, 0.3) is 0 Å². The van der Waals surface area contributed by atoms with Crippen LogP contribution in [0.2, 0.25) is 0 Å². The maximum atomic E-state index is 4.02. The summed E-state index contributed by atoms with van der Waals surface area (Å²) in [5, 5.41) is 10.7. The number of hydrogen-bond acceptors (Lipinski definition) is 2. The summed E-state index contributed by atoms with van der Waals surface area (Å²) in [7, 11) is 0. The molecule has 9 heavy (non-hydrogen) atoms. The first-order chi connectivity index (χ1) is 4.47. The number of rotatable bonds is 0. The van der Waals surface area contributed by atoms with Crippen molar-refractivity contribution in [2.75, 3.05) is 0 Å². The van der Waals surface area contributed by atoms with Crippen molar-refractivity contribution < 1.29 is 0 Å². The van der Waals surface area contributed by atoms with Crippen LogP contribution in [0.25, 0.3) is 0 Å². The fourth-order valence-corrected chi connectivity index (χ4v) is 1.26. The number of fused-ring (bicyclic) bond motifs is 1. The average molecular weight is 123 g/mol. The summed E-state index contributed by atoms with van der Waals surface area (Å²) < 4.78 is 0. The number of hydrogen-bond donors (Lipinski definition) is 1. The highest BCUT2D eigenvalue weighted by molar-refractivity contribution is 5.11. The molecule has 0 atom stereocenters. The van der Waals surface area contributed by atoms with Crippen molar-refractivity contribution in [3.05, 3.63) is 11.4 Å². The molecule has 0 saturated carbocycles. The monoisotopic (exact) mass is 123 g/mol. The van der Waals surface area contributed by atoms with Gasteiger partial charge in [-0.15, -0.1) is 0 Å². The minimum absolute atomic E-state index is 1.12. The molecule has 0 amide bonds. The Kier molecular flexibility index (Phi) is 1.01. The molecule has 1 heterocycles. The summed E-state index contributed by atoms with van der Waals surface area (Å²) in [6.45, 7) is 0. The minimum atomic E-state index is 1.12. The number of aryl methyl sites for hydroxylation is 2. The smallest absolute Gasteiger partial charge is 0.0856 e. The third-order valence-electron chi connectivity index (χ3n) is 1.78. The van der Waals surface area contributed by atoms with Crippen LogP contribution >= 0.6 is 0 Å². The van der Waals surface area contributed by atoms with E-state index >= 15 is 0 Å². The number of aromatic nitrogens is 3. The second-order valence-electron chi connectivity index (χ2n) is 2.42. The quantitative estimate of drug-likeness (QED) is 0.551. The molecule has 1 aromatic heterocycles. The molecule has 0 radical (unpaired) electrons. The zero-order chi connectivity index (χ0) is 6.10. The highest BCUT2D eigenvalue weighted by atomic mass is 15.3. The Morgan fingerprint density at radius 3 is 2.11 bits per heavy atom. The van der Waals surface area contributed by atoms with Crippen LogP contribution in [0.4, 0.5) is 0 Å². The average Bonchev–Trinajstić information content (AvgIpc) is 2.33. The Morgan fingerprint density at radius 2 is 1.56 bits per heavy atom. The van der Waals surface area contributed by atoms with E-state index < -0.39 is 0 Å². The van der Waals surface area contributed by atoms with Crippen LogP contribution in [-0.2, 0) is 12.8 Å². The summed E-state index contributed by atoms with van der Waals surface area (Å²) >= 11 is 0. The molecule has 3 heteroatoms. The second-order valence-corrected chi connectivity index (χ2v) is 2.42. The minimum Gasteiger partial charge on any atom is -0.197 e. The Bertz CT molecular complexity index is 183. The maximum absolute atomic E-state index is 4.02. The topological polar surface area (TPSA) is 41.6 Å². The first-order valence-corrected chi connectivity index (χ1v) is 3.35. The summed E-state index contributed by atoms with van der Waals surface area (Å²) in [6, 6.07) is 0. The zero-order valence-electron chi connectivity index (χ0n) is 5.22. The van der Waals surface area contributed by atoms with E-state index in [2.05, 4.69) is 15.4 Å². The summed E-state index contributed by atoms with van der Waals surface area (Å²) in [4.78, 5) is 0. The van der Waals surface area contributed by atoms with Gasteiger partial charge in [0.2, 0.25) is 0 Å². The first-order valence-electron chi connectivity index (χ1n) is 3.35. The highest BCUT2D eigenvalue weighted by Crippen LogP contribution is 2.15. The molecular formula is C6H9N3. The Hall–Kier alpha value is -0.860.